The van der Waals surface area contributed by atoms with E-state index in [2.05, 4.69) is 24.1 Å². The molecular formula is C25H36N4O3. The molecule has 0 bridgehead atoms. The summed E-state index contributed by atoms with van der Waals surface area (Å²) in [6, 6.07) is 6.77. The Hall–Kier alpha value is -2.41. The van der Waals surface area contributed by atoms with Crippen LogP contribution in [0.4, 0.5) is 10.5 Å². The summed E-state index contributed by atoms with van der Waals surface area (Å²) in [5, 5.41) is 2.71. The fraction of sp³-hybridized carbons (Fsp3) is 0.640. The number of urea groups is 1. The van der Waals surface area contributed by atoms with Crippen LogP contribution >= 0.6 is 0 Å². The van der Waals surface area contributed by atoms with Crippen molar-refractivity contribution in [1.82, 2.24) is 15.1 Å². The van der Waals surface area contributed by atoms with Gasteiger partial charge in [-0.2, -0.15) is 0 Å². The van der Waals surface area contributed by atoms with Crippen molar-refractivity contribution < 1.29 is 14.4 Å². The van der Waals surface area contributed by atoms with Gasteiger partial charge in [0.1, 0.15) is 6.04 Å². The summed E-state index contributed by atoms with van der Waals surface area (Å²) < 4.78 is 0. The van der Waals surface area contributed by atoms with Crippen LogP contribution in [-0.4, -0.2) is 66.4 Å². The first-order valence-electron chi connectivity index (χ1n) is 12.1. The number of hydrogen-bond acceptors (Lipinski definition) is 4. The molecule has 0 aromatic heterocycles. The summed E-state index contributed by atoms with van der Waals surface area (Å²) in [5.41, 5.74) is 1.69. The normalized spacial score (nSPS) is 26.2. The van der Waals surface area contributed by atoms with Gasteiger partial charge in [-0.3, -0.25) is 9.59 Å². The zero-order chi connectivity index (χ0) is 22.8. The van der Waals surface area contributed by atoms with E-state index in [1.807, 2.05) is 19.2 Å². The minimum atomic E-state index is -0.806. The molecule has 4 rings (SSSR count). The lowest BCUT2D eigenvalue weighted by Crippen LogP contribution is -2.51. The van der Waals surface area contributed by atoms with E-state index in [-0.39, 0.29) is 18.2 Å². The molecule has 3 saturated heterocycles. The minimum absolute atomic E-state index is 0.00273. The summed E-state index contributed by atoms with van der Waals surface area (Å²) in [6.07, 6.45) is 6.10. The van der Waals surface area contributed by atoms with Crippen LogP contribution in [0.15, 0.2) is 24.3 Å². The van der Waals surface area contributed by atoms with E-state index in [1.165, 1.54) is 38.8 Å². The van der Waals surface area contributed by atoms with Crippen molar-refractivity contribution in [2.24, 2.45) is 5.92 Å². The first-order valence-corrected chi connectivity index (χ1v) is 12.1. The first kappa shape index (κ1) is 22.8. The maximum atomic E-state index is 12.9. The van der Waals surface area contributed by atoms with Crippen molar-refractivity contribution in [3.8, 4) is 0 Å². The molecule has 3 atom stereocenters. The van der Waals surface area contributed by atoms with Gasteiger partial charge in [0, 0.05) is 19.6 Å². The molecule has 174 valence electrons. The van der Waals surface area contributed by atoms with E-state index in [0.29, 0.717) is 23.6 Å². The Bertz CT molecular complexity index is 851. The van der Waals surface area contributed by atoms with E-state index in [4.69, 9.17) is 0 Å². The highest BCUT2D eigenvalue weighted by Gasteiger charge is 2.41. The van der Waals surface area contributed by atoms with Gasteiger partial charge in [0.05, 0.1) is 12.1 Å². The van der Waals surface area contributed by atoms with Gasteiger partial charge >= 0.3 is 6.03 Å². The smallest absolute Gasteiger partial charge is 0.329 e. The summed E-state index contributed by atoms with van der Waals surface area (Å²) in [6.45, 7) is 7.26. The molecule has 0 aliphatic carbocycles. The first-order chi connectivity index (χ1) is 15.3. The summed E-state index contributed by atoms with van der Waals surface area (Å²) in [5.74, 6) is 0.416. The summed E-state index contributed by atoms with van der Waals surface area (Å²) >= 11 is 0. The lowest BCUT2D eigenvalue weighted by Gasteiger charge is -2.45. The molecule has 32 heavy (non-hydrogen) atoms. The lowest BCUT2D eigenvalue weighted by atomic mass is 9.83. The molecule has 0 saturated carbocycles. The predicted octanol–water partition coefficient (Wildman–Crippen LogP) is 3.35. The van der Waals surface area contributed by atoms with E-state index < -0.39 is 12.1 Å². The van der Waals surface area contributed by atoms with Crippen molar-refractivity contribution >= 4 is 23.5 Å². The number of hydrogen-bond donors (Lipinski definition) is 1. The van der Waals surface area contributed by atoms with Gasteiger partial charge in [0.15, 0.2) is 0 Å². The zero-order valence-electron chi connectivity index (χ0n) is 19.5. The van der Waals surface area contributed by atoms with E-state index in [9.17, 15) is 14.4 Å². The number of carbonyl (C=O) groups excluding carboxylic acids is 3. The number of benzene rings is 1. The summed E-state index contributed by atoms with van der Waals surface area (Å²) in [7, 11) is 1.83. The highest BCUT2D eigenvalue weighted by Crippen LogP contribution is 2.31. The maximum absolute atomic E-state index is 12.9. The third-order valence-corrected chi connectivity index (χ3v) is 7.38. The predicted molar refractivity (Wildman–Crippen MR) is 125 cm³/mol. The van der Waals surface area contributed by atoms with Crippen molar-refractivity contribution in [2.45, 2.75) is 70.4 Å². The van der Waals surface area contributed by atoms with Crippen molar-refractivity contribution in [3.63, 3.8) is 0 Å². The molecule has 1 aromatic rings. The molecule has 4 amide bonds. The minimum Gasteiger partial charge on any atom is -0.345 e. The largest absolute Gasteiger partial charge is 0.345 e. The highest BCUT2D eigenvalue weighted by atomic mass is 16.2. The van der Waals surface area contributed by atoms with Crippen molar-refractivity contribution in [2.75, 3.05) is 31.6 Å². The topological polar surface area (TPSA) is 73.0 Å². The Labute approximate surface area is 191 Å². The average Bonchev–Trinajstić information content (AvgIpc) is 3.06. The van der Waals surface area contributed by atoms with Crippen molar-refractivity contribution in [1.29, 1.82) is 0 Å². The van der Waals surface area contributed by atoms with Gasteiger partial charge in [-0.25, -0.2) is 9.69 Å². The molecule has 3 fully saturated rings. The Morgan fingerprint density at radius 1 is 1.09 bits per heavy atom. The Morgan fingerprint density at radius 3 is 2.53 bits per heavy atom. The maximum Gasteiger partial charge on any atom is 0.329 e. The number of imide groups is 1. The third-order valence-electron chi connectivity index (χ3n) is 7.38. The number of rotatable bonds is 6. The Balaban J connectivity index is 1.35. The standard InChI is InChI=1S/C25H36N4O3/c1-17(2)18-9-11-20(12-10-18)29-24(31)21(26-25(29)32)15-23(30)27(3)16-19-7-6-14-28-13-5-4-8-22(19)28/h9-12,17,19,21-22H,4-8,13-16H2,1-3H3,(H,26,32)/t19-,21+,22-/m0/s1. The number of fused-ring (bicyclic) bond motifs is 1. The van der Waals surface area contributed by atoms with Crippen LogP contribution in [-0.2, 0) is 9.59 Å². The third kappa shape index (κ3) is 4.68. The Kier molecular flexibility index (Phi) is 6.84. The van der Waals surface area contributed by atoms with Crippen molar-refractivity contribution in [3.05, 3.63) is 29.8 Å². The van der Waals surface area contributed by atoms with Crippen LogP contribution in [0.2, 0.25) is 0 Å². The fourth-order valence-corrected chi connectivity index (χ4v) is 5.50. The van der Waals surface area contributed by atoms with Gasteiger partial charge < -0.3 is 15.1 Å². The van der Waals surface area contributed by atoms with Crippen LogP contribution in [0.5, 0.6) is 0 Å². The summed E-state index contributed by atoms with van der Waals surface area (Å²) in [4.78, 5) is 43.9. The van der Waals surface area contributed by atoms with E-state index in [1.54, 1.807) is 17.0 Å². The number of piperidine rings is 2. The molecule has 3 aliphatic heterocycles. The van der Waals surface area contributed by atoms with Gasteiger partial charge in [-0.05, 0) is 68.3 Å². The van der Waals surface area contributed by atoms with E-state index >= 15 is 0 Å². The Morgan fingerprint density at radius 2 is 1.81 bits per heavy atom. The highest BCUT2D eigenvalue weighted by molar-refractivity contribution is 6.22. The molecule has 3 aliphatic rings. The number of nitrogens with zero attached hydrogens (tertiary/aromatic N) is 3. The fourth-order valence-electron chi connectivity index (χ4n) is 5.50. The molecule has 7 heteroatoms. The quantitative estimate of drug-likeness (QED) is 0.689. The second-order valence-electron chi connectivity index (χ2n) is 9.90. The number of anilines is 1. The van der Waals surface area contributed by atoms with E-state index in [0.717, 1.165) is 23.4 Å². The van der Waals surface area contributed by atoms with Gasteiger partial charge in [0.25, 0.3) is 5.91 Å². The zero-order valence-corrected chi connectivity index (χ0v) is 19.5. The second kappa shape index (κ2) is 9.61. The molecule has 1 aromatic carbocycles. The van der Waals surface area contributed by atoms with Crippen LogP contribution in [0.3, 0.4) is 0 Å². The second-order valence-corrected chi connectivity index (χ2v) is 9.90. The molecule has 0 spiro atoms. The number of carbonyl (C=O) groups is 3. The monoisotopic (exact) mass is 440 g/mol. The molecule has 3 heterocycles. The molecule has 1 N–H and O–H groups in total. The molecule has 0 unspecified atom stereocenters. The van der Waals surface area contributed by atoms with Crippen LogP contribution in [0.1, 0.15) is 63.9 Å². The SMILES string of the molecule is CC(C)c1ccc(N2C(=O)N[C@H](CC(=O)N(C)C[C@@H]3CCCN4CCCC[C@@H]34)C2=O)cc1. The molecule has 0 radical (unpaired) electrons. The van der Waals surface area contributed by atoms with Gasteiger partial charge in [-0.1, -0.05) is 32.4 Å². The van der Waals surface area contributed by atoms with Crippen LogP contribution in [0.25, 0.3) is 0 Å². The number of nitrogens with one attached hydrogen (secondary N) is 1. The van der Waals surface area contributed by atoms with Crippen LogP contribution in [0, 0.1) is 5.92 Å². The average molecular weight is 441 g/mol. The lowest BCUT2D eigenvalue weighted by molar-refractivity contribution is -0.133. The van der Waals surface area contributed by atoms with Gasteiger partial charge in [-0.15, -0.1) is 0 Å². The number of amides is 4. The molecular weight excluding hydrogens is 404 g/mol. The van der Waals surface area contributed by atoms with Gasteiger partial charge in [0.2, 0.25) is 5.91 Å². The van der Waals surface area contributed by atoms with Crippen LogP contribution < -0.4 is 10.2 Å². The molecule has 7 nitrogen and oxygen atoms in total.